The van der Waals surface area contributed by atoms with Crippen LogP contribution < -0.4 is 4.90 Å². The third-order valence-electron chi connectivity index (χ3n) is 3.84. The second kappa shape index (κ2) is 4.59. The SMILES string of the molecule is O=C(O)c1ccccc1N1C(=O)C2C=CCCC2C1=O. The van der Waals surface area contributed by atoms with Crippen molar-refractivity contribution in [2.24, 2.45) is 11.8 Å². The smallest absolute Gasteiger partial charge is 0.337 e. The van der Waals surface area contributed by atoms with E-state index in [4.69, 9.17) is 0 Å². The zero-order chi connectivity index (χ0) is 14.3. The van der Waals surface area contributed by atoms with E-state index in [-0.39, 0.29) is 29.0 Å². The second-order valence-electron chi connectivity index (χ2n) is 4.97. The van der Waals surface area contributed by atoms with E-state index in [1.165, 1.54) is 12.1 Å². The molecule has 102 valence electrons. The van der Waals surface area contributed by atoms with E-state index in [1.54, 1.807) is 18.2 Å². The first-order valence-electron chi connectivity index (χ1n) is 6.48. The number of para-hydroxylation sites is 1. The highest BCUT2D eigenvalue weighted by atomic mass is 16.4. The van der Waals surface area contributed by atoms with E-state index in [9.17, 15) is 19.5 Å². The van der Waals surface area contributed by atoms with Crippen molar-refractivity contribution in [2.45, 2.75) is 12.8 Å². The Kier molecular flexibility index (Phi) is 2.89. The van der Waals surface area contributed by atoms with Crippen LogP contribution in [0.3, 0.4) is 0 Å². The van der Waals surface area contributed by atoms with Gasteiger partial charge in [0.05, 0.1) is 23.1 Å². The Morgan fingerprint density at radius 1 is 1.20 bits per heavy atom. The number of amides is 2. The van der Waals surface area contributed by atoms with Crippen molar-refractivity contribution >= 4 is 23.5 Å². The van der Waals surface area contributed by atoms with Crippen LogP contribution >= 0.6 is 0 Å². The molecule has 1 aliphatic heterocycles. The van der Waals surface area contributed by atoms with Gasteiger partial charge in [-0.15, -0.1) is 0 Å². The van der Waals surface area contributed by atoms with Gasteiger partial charge in [-0.2, -0.15) is 0 Å². The molecule has 1 aliphatic carbocycles. The van der Waals surface area contributed by atoms with Crippen LogP contribution in [0.5, 0.6) is 0 Å². The van der Waals surface area contributed by atoms with Gasteiger partial charge in [-0.05, 0) is 25.0 Å². The Hall–Kier alpha value is -2.43. The summed E-state index contributed by atoms with van der Waals surface area (Å²) in [5.74, 6) is -2.57. The molecule has 1 saturated heterocycles. The standard InChI is InChI=1S/C15H13NO4/c17-13-9-5-1-2-6-10(9)14(18)16(13)12-8-4-3-7-11(12)15(19)20/h1,3-5,7-10H,2,6H2,(H,19,20). The number of aromatic carboxylic acids is 1. The monoisotopic (exact) mass is 271 g/mol. The van der Waals surface area contributed by atoms with E-state index < -0.39 is 11.9 Å². The number of carbonyl (C=O) groups is 3. The topological polar surface area (TPSA) is 74.7 Å². The average molecular weight is 271 g/mol. The number of hydrogen-bond donors (Lipinski definition) is 1. The molecule has 1 aromatic carbocycles. The molecule has 0 saturated carbocycles. The molecule has 0 aromatic heterocycles. The molecule has 2 amide bonds. The summed E-state index contributed by atoms with van der Waals surface area (Å²) in [5, 5.41) is 9.19. The normalized spacial score (nSPS) is 24.9. The first-order valence-corrected chi connectivity index (χ1v) is 6.48. The molecule has 3 rings (SSSR count). The van der Waals surface area contributed by atoms with E-state index >= 15 is 0 Å². The molecule has 0 radical (unpaired) electrons. The molecule has 0 spiro atoms. The number of carbonyl (C=O) groups excluding carboxylic acids is 2. The van der Waals surface area contributed by atoms with Gasteiger partial charge in [0.25, 0.3) is 0 Å². The lowest BCUT2D eigenvalue weighted by Gasteiger charge is -2.16. The fourth-order valence-corrected chi connectivity index (χ4v) is 2.87. The number of anilines is 1. The molecule has 2 atom stereocenters. The van der Waals surface area contributed by atoms with Gasteiger partial charge in [0, 0.05) is 0 Å². The lowest BCUT2D eigenvalue weighted by atomic mass is 9.86. The number of fused-ring (bicyclic) bond motifs is 1. The zero-order valence-electron chi connectivity index (χ0n) is 10.7. The Balaban J connectivity index is 2.07. The van der Waals surface area contributed by atoms with E-state index in [1.807, 2.05) is 6.08 Å². The van der Waals surface area contributed by atoms with Crippen molar-refractivity contribution in [3.8, 4) is 0 Å². The Bertz CT molecular complexity index is 635. The summed E-state index contributed by atoms with van der Waals surface area (Å²) in [4.78, 5) is 37.1. The van der Waals surface area contributed by atoms with Crippen LogP contribution in [0.2, 0.25) is 0 Å². The van der Waals surface area contributed by atoms with Crippen LogP contribution in [0.1, 0.15) is 23.2 Å². The average Bonchev–Trinajstić information content (AvgIpc) is 2.71. The van der Waals surface area contributed by atoms with Gasteiger partial charge in [0.2, 0.25) is 11.8 Å². The number of allylic oxidation sites excluding steroid dienone is 1. The third-order valence-corrected chi connectivity index (χ3v) is 3.84. The Labute approximate surface area is 115 Å². The molecule has 1 heterocycles. The van der Waals surface area contributed by atoms with Crippen LogP contribution in [0, 0.1) is 11.8 Å². The molecular formula is C15H13NO4. The summed E-state index contributed by atoms with van der Waals surface area (Å²) in [6.45, 7) is 0. The molecule has 5 nitrogen and oxygen atoms in total. The minimum Gasteiger partial charge on any atom is -0.478 e. The summed E-state index contributed by atoms with van der Waals surface area (Å²) >= 11 is 0. The molecule has 20 heavy (non-hydrogen) atoms. The number of carboxylic acids is 1. The van der Waals surface area contributed by atoms with E-state index in [2.05, 4.69) is 0 Å². The first kappa shape index (κ1) is 12.6. The number of imide groups is 1. The van der Waals surface area contributed by atoms with Crippen LogP contribution in [0.15, 0.2) is 36.4 Å². The lowest BCUT2D eigenvalue weighted by molar-refractivity contribution is -0.122. The molecule has 2 aliphatic rings. The molecule has 1 N–H and O–H groups in total. The molecule has 1 aromatic rings. The summed E-state index contributed by atoms with van der Waals surface area (Å²) in [7, 11) is 0. The van der Waals surface area contributed by atoms with Gasteiger partial charge in [-0.1, -0.05) is 24.3 Å². The summed E-state index contributed by atoms with van der Waals surface area (Å²) in [5.41, 5.74) is 0.134. The maximum atomic E-state index is 12.4. The molecule has 0 bridgehead atoms. The van der Waals surface area contributed by atoms with Crippen LogP contribution in [-0.4, -0.2) is 22.9 Å². The Morgan fingerprint density at radius 2 is 1.95 bits per heavy atom. The molecule has 2 unspecified atom stereocenters. The number of carboxylic acid groups (broad SMARTS) is 1. The van der Waals surface area contributed by atoms with Crippen LogP contribution in [-0.2, 0) is 9.59 Å². The highest BCUT2D eigenvalue weighted by molar-refractivity contribution is 6.24. The van der Waals surface area contributed by atoms with Crippen molar-refractivity contribution in [3.05, 3.63) is 42.0 Å². The minimum absolute atomic E-state index is 0.0307. The van der Waals surface area contributed by atoms with Crippen LogP contribution in [0.4, 0.5) is 5.69 Å². The number of rotatable bonds is 2. The van der Waals surface area contributed by atoms with Crippen molar-refractivity contribution in [1.82, 2.24) is 0 Å². The maximum absolute atomic E-state index is 12.4. The zero-order valence-corrected chi connectivity index (χ0v) is 10.7. The molecule has 5 heteroatoms. The number of benzene rings is 1. The minimum atomic E-state index is -1.15. The van der Waals surface area contributed by atoms with Gasteiger partial charge in [-0.3, -0.25) is 9.59 Å². The number of nitrogens with zero attached hydrogens (tertiary/aromatic N) is 1. The van der Waals surface area contributed by atoms with Crippen molar-refractivity contribution in [1.29, 1.82) is 0 Å². The predicted molar refractivity (Wildman–Crippen MR) is 71.2 cm³/mol. The van der Waals surface area contributed by atoms with E-state index in [0.717, 1.165) is 11.3 Å². The van der Waals surface area contributed by atoms with Crippen molar-refractivity contribution in [2.75, 3.05) is 4.90 Å². The summed E-state index contributed by atoms with van der Waals surface area (Å²) in [6, 6.07) is 6.10. The van der Waals surface area contributed by atoms with Crippen molar-refractivity contribution in [3.63, 3.8) is 0 Å². The highest BCUT2D eigenvalue weighted by Gasteiger charge is 2.48. The van der Waals surface area contributed by atoms with Crippen LogP contribution in [0.25, 0.3) is 0 Å². The fraction of sp³-hybridized carbons (Fsp3) is 0.267. The maximum Gasteiger partial charge on any atom is 0.337 e. The third kappa shape index (κ3) is 1.74. The molecular weight excluding hydrogens is 258 g/mol. The second-order valence-corrected chi connectivity index (χ2v) is 4.97. The molecule has 1 fully saturated rings. The quantitative estimate of drug-likeness (QED) is 0.658. The van der Waals surface area contributed by atoms with Gasteiger partial charge in [-0.25, -0.2) is 9.69 Å². The van der Waals surface area contributed by atoms with Gasteiger partial charge >= 0.3 is 5.97 Å². The Morgan fingerprint density at radius 3 is 2.65 bits per heavy atom. The predicted octanol–water partition coefficient (Wildman–Crippen LogP) is 1.84. The lowest BCUT2D eigenvalue weighted by Crippen LogP contribution is -2.32. The largest absolute Gasteiger partial charge is 0.478 e. The van der Waals surface area contributed by atoms with Gasteiger partial charge < -0.3 is 5.11 Å². The highest BCUT2D eigenvalue weighted by Crippen LogP contribution is 2.38. The number of hydrogen-bond acceptors (Lipinski definition) is 3. The van der Waals surface area contributed by atoms with Gasteiger partial charge in [0.15, 0.2) is 0 Å². The van der Waals surface area contributed by atoms with E-state index in [0.29, 0.717) is 6.42 Å². The van der Waals surface area contributed by atoms with Gasteiger partial charge in [0.1, 0.15) is 0 Å². The fourth-order valence-electron chi connectivity index (χ4n) is 2.87. The van der Waals surface area contributed by atoms with Crippen molar-refractivity contribution < 1.29 is 19.5 Å². The summed E-state index contributed by atoms with van der Waals surface area (Å²) in [6.07, 6.45) is 5.07. The summed E-state index contributed by atoms with van der Waals surface area (Å²) < 4.78 is 0. The first-order chi connectivity index (χ1) is 9.61.